The molecule has 2 unspecified atom stereocenters. The van der Waals surface area contributed by atoms with Crippen molar-refractivity contribution in [2.24, 2.45) is 0 Å². The number of aliphatic hydroxyl groups excluding tert-OH is 1. The maximum atomic E-state index is 12.0. The fourth-order valence-corrected chi connectivity index (χ4v) is 2.52. The number of rotatable bonds is 6. The van der Waals surface area contributed by atoms with Crippen molar-refractivity contribution in [3.05, 3.63) is 60.2 Å². The molecule has 0 bridgehead atoms. The number of hydrogen-bond acceptors (Lipinski definition) is 5. The van der Waals surface area contributed by atoms with E-state index in [2.05, 4.69) is 5.32 Å². The minimum Gasteiger partial charge on any atom is -0.548 e. The number of aliphatic carboxylic acids is 1. The van der Waals surface area contributed by atoms with Crippen LogP contribution in [0.25, 0.3) is 11.1 Å². The van der Waals surface area contributed by atoms with Crippen LogP contribution in [0, 0.1) is 0 Å². The van der Waals surface area contributed by atoms with Crippen molar-refractivity contribution in [2.45, 2.75) is 38.5 Å². The Morgan fingerprint density at radius 3 is 2.08 bits per heavy atom. The van der Waals surface area contributed by atoms with Gasteiger partial charge in [-0.3, -0.25) is 0 Å². The van der Waals surface area contributed by atoms with Gasteiger partial charge in [-0.15, -0.1) is 0 Å². The first-order valence-electron chi connectivity index (χ1n) is 8.25. The molecule has 1 amide bonds. The van der Waals surface area contributed by atoms with Gasteiger partial charge in [-0.2, -0.15) is 0 Å². The van der Waals surface area contributed by atoms with Crippen LogP contribution < -0.4 is 10.4 Å². The lowest BCUT2D eigenvalue weighted by Crippen LogP contribution is -2.54. The van der Waals surface area contributed by atoms with E-state index in [9.17, 15) is 19.8 Å². The Morgan fingerprint density at radius 1 is 1.04 bits per heavy atom. The highest BCUT2D eigenvalue weighted by molar-refractivity contribution is 5.79. The second-order valence-electron chi connectivity index (χ2n) is 6.52. The summed E-state index contributed by atoms with van der Waals surface area (Å²) < 4.78 is 5.35. The van der Waals surface area contributed by atoms with E-state index in [1.165, 1.54) is 6.92 Å². The van der Waals surface area contributed by atoms with E-state index in [0.29, 0.717) is 0 Å². The molecule has 2 atom stereocenters. The molecular formula is C20H22NO5-. The summed E-state index contributed by atoms with van der Waals surface area (Å²) in [6.45, 7) is 4.63. The molecule has 0 aliphatic rings. The summed E-state index contributed by atoms with van der Waals surface area (Å²) in [5.74, 6) is -1.58. The second-order valence-corrected chi connectivity index (χ2v) is 6.52. The van der Waals surface area contributed by atoms with E-state index < -0.39 is 29.8 Å². The molecule has 2 aromatic carbocycles. The largest absolute Gasteiger partial charge is 0.548 e. The van der Waals surface area contributed by atoms with Crippen LogP contribution in [0.3, 0.4) is 0 Å². The van der Waals surface area contributed by atoms with Crippen LogP contribution in [-0.4, -0.2) is 29.3 Å². The third kappa shape index (κ3) is 4.83. The zero-order chi connectivity index (χ0) is 19.3. The van der Waals surface area contributed by atoms with Crippen molar-refractivity contribution < 1.29 is 24.5 Å². The highest BCUT2D eigenvalue weighted by atomic mass is 16.6. The van der Waals surface area contributed by atoms with E-state index in [0.717, 1.165) is 16.7 Å². The van der Waals surface area contributed by atoms with Crippen LogP contribution in [-0.2, 0) is 15.1 Å². The highest BCUT2D eigenvalue weighted by Gasteiger charge is 2.28. The van der Waals surface area contributed by atoms with Crippen molar-refractivity contribution in [3.63, 3.8) is 0 Å². The molecule has 6 heteroatoms. The topological polar surface area (TPSA) is 98.7 Å². The number of amides is 1. The summed E-state index contributed by atoms with van der Waals surface area (Å²) in [6, 6.07) is 15.9. The maximum absolute atomic E-state index is 12.0. The monoisotopic (exact) mass is 356 g/mol. The normalized spacial score (nSPS) is 13.5. The molecule has 0 fully saturated rings. The molecule has 0 saturated heterocycles. The molecular weight excluding hydrogens is 334 g/mol. The second kappa shape index (κ2) is 8.01. The molecule has 0 aliphatic carbocycles. The van der Waals surface area contributed by atoms with Crippen LogP contribution in [0.1, 0.15) is 26.3 Å². The number of hydrogen-bond donors (Lipinski definition) is 2. The summed E-state index contributed by atoms with van der Waals surface area (Å²) in [7, 11) is 0. The summed E-state index contributed by atoms with van der Waals surface area (Å²) in [4.78, 5) is 22.9. The Morgan fingerprint density at radius 2 is 1.58 bits per heavy atom. The molecule has 0 aromatic heterocycles. The van der Waals surface area contributed by atoms with Crippen molar-refractivity contribution >= 4 is 12.1 Å². The Labute approximate surface area is 152 Å². The Hall–Kier alpha value is -2.86. The van der Waals surface area contributed by atoms with Crippen LogP contribution in [0.15, 0.2) is 54.6 Å². The first-order chi connectivity index (χ1) is 12.2. The number of nitrogens with one attached hydrogen (secondary N) is 1. The Bertz CT molecular complexity index is 754. The zero-order valence-electron chi connectivity index (χ0n) is 14.9. The number of alkyl carbamates (subject to hydrolysis) is 1. The fourth-order valence-electron chi connectivity index (χ4n) is 2.52. The molecule has 0 saturated carbocycles. The maximum Gasteiger partial charge on any atom is 0.408 e. The van der Waals surface area contributed by atoms with Gasteiger partial charge in [-0.25, -0.2) is 4.79 Å². The van der Waals surface area contributed by atoms with Crippen LogP contribution in [0.4, 0.5) is 4.79 Å². The van der Waals surface area contributed by atoms with Gasteiger partial charge in [0, 0.05) is 0 Å². The lowest BCUT2D eigenvalue weighted by molar-refractivity contribution is -0.310. The Balaban J connectivity index is 2.09. The number of carboxylic acids is 1. The molecule has 6 nitrogen and oxygen atoms in total. The predicted molar refractivity (Wildman–Crippen MR) is 95.0 cm³/mol. The minimum absolute atomic E-state index is 0.745. The zero-order valence-corrected chi connectivity index (χ0v) is 14.9. The fraction of sp³-hybridized carbons (Fsp3) is 0.300. The molecule has 2 rings (SSSR count). The lowest BCUT2D eigenvalue weighted by atomic mass is 9.95. The van der Waals surface area contributed by atoms with Gasteiger partial charge >= 0.3 is 6.09 Å². The van der Waals surface area contributed by atoms with Gasteiger partial charge in [0.25, 0.3) is 0 Å². The van der Waals surface area contributed by atoms with Crippen LogP contribution in [0.5, 0.6) is 0 Å². The van der Waals surface area contributed by atoms with E-state index >= 15 is 0 Å². The van der Waals surface area contributed by atoms with Gasteiger partial charge in [0.05, 0.1) is 18.1 Å². The molecule has 0 heterocycles. The van der Waals surface area contributed by atoms with E-state index in [1.807, 2.05) is 54.6 Å². The van der Waals surface area contributed by atoms with E-state index in [1.54, 1.807) is 13.8 Å². The van der Waals surface area contributed by atoms with E-state index in [4.69, 9.17) is 4.74 Å². The molecule has 26 heavy (non-hydrogen) atoms. The molecule has 0 radical (unpaired) electrons. The number of benzene rings is 2. The van der Waals surface area contributed by atoms with Gasteiger partial charge < -0.3 is 25.1 Å². The first-order valence-corrected chi connectivity index (χ1v) is 8.25. The molecule has 0 aliphatic heterocycles. The number of aliphatic hydroxyl groups is 1. The van der Waals surface area contributed by atoms with Crippen molar-refractivity contribution in [2.75, 3.05) is 0 Å². The third-order valence-electron chi connectivity index (χ3n) is 4.04. The van der Waals surface area contributed by atoms with Gasteiger partial charge in [0.2, 0.25) is 0 Å². The van der Waals surface area contributed by atoms with Crippen LogP contribution >= 0.6 is 0 Å². The SMILES string of the molecule is CC(O)C(NC(=O)OC(C)(C)c1ccc(-c2ccccc2)cc1)C(=O)[O-]. The summed E-state index contributed by atoms with van der Waals surface area (Å²) >= 11 is 0. The number of carbonyl (C=O) groups is 2. The van der Waals surface area contributed by atoms with Crippen LogP contribution in [0.2, 0.25) is 0 Å². The predicted octanol–water partition coefficient (Wildman–Crippen LogP) is 1.81. The van der Waals surface area contributed by atoms with E-state index in [-0.39, 0.29) is 0 Å². The summed E-state index contributed by atoms with van der Waals surface area (Å²) in [6.07, 6.45) is -2.25. The summed E-state index contributed by atoms with van der Waals surface area (Å²) in [5.41, 5.74) is 1.86. The summed E-state index contributed by atoms with van der Waals surface area (Å²) in [5, 5.41) is 22.4. The van der Waals surface area contributed by atoms with Crippen molar-refractivity contribution in [1.29, 1.82) is 0 Å². The Kier molecular flexibility index (Phi) is 6.00. The highest BCUT2D eigenvalue weighted by Crippen LogP contribution is 2.27. The lowest BCUT2D eigenvalue weighted by Gasteiger charge is -2.28. The first kappa shape index (κ1) is 19.5. The smallest absolute Gasteiger partial charge is 0.408 e. The molecule has 138 valence electrons. The van der Waals surface area contributed by atoms with Gasteiger partial charge in [0.1, 0.15) is 5.60 Å². The molecule has 0 spiro atoms. The molecule has 2 N–H and O–H groups in total. The van der Waals surface area contributed by atoms with Gasteiger partial charge in [0.15, 0.2) is 0 Å². The molecule has 2 aromatic rings. The van der Waals surface area contributed by atoms with Gasteiger partial charge in [-0.05, 0) is 37.5 Å². The number of carboxylic acid groups (broad SMARTS) is 1. The number of ether oxygens (including phenoxy) is 1. The average Bonchev–Trinajstić information content (AvgIpc) is 2.59. The minimum atomic E-state index is -1.58. The standard InChI is InChI=1S/C20H23NO5/c1-13(22)17(18(23)24)21-19(25)26-20(2,3)16-11-9-15(10-12-16)14-7-5-4-6-8-14/h4-13,17,22H,1-3H3,(H,21,25)(H,23,24)/p-1. The van der Waals surface area contributed by atoms with Gasteiger partial charge in [-0.1, -0.05) is 54.6 Å². The van der Waals surface area contributed by atoms with Crippen molar-refractivity contribution in [1.82, 2.24) is 5.32 Å². The average molecular weight is 356 g/mol. The third-order valence-corrected chi connectivity index (χ3v) is 4.04. The van der Waals surface area contributed by atoms with Crippen molar-refractivity contribution in [3.8, 4) is 11.1 Å². The number of carbonyl (C=O) groups excluding carboxylic acids is 2. The quantitative estimate of drug-likeness (QED) is 0.822.